The van der Waals surface area contributed by atoms with E-state index in [1.807, 2.05) is 51.1 Å². The second-order valence-electron chi connectivity index (χ2n) is 6.96. The predicted octanol–water partition coefficient (Wildman–Crippen LogP) is 2.90. The van der Waals surface area contributed by atoms with E-state index < -0.39 is 12.1 Å². The molecule has 2 aromatic rings. The van der Waals surface area contributed by atoms with Crippen molar-refractivity contribution in [1.29, 1.82) is 0 Å². The molecule has 7 heteroatoms. The number of carbonyl (C=O) groups is 3. The molecule has 0 aliphatic heterocycles. The van der Waals surface area contributed by atoms with Gasteiger partial charge >= 0.3 is 6.03 Å². The minimum atomic E-state index is -0.723. The molecule has 0 spiro atoms. The lowest BCUT2D eigenvalue weighted by Gasteiger charge is -2.22. The van der Waals surface area contributed by atoms with Crippen LogP contribution in [0.3, 0.4) is 0 Å². The molecule has 0 fully saturated rings. The maximum atomic E-state index is 12.7. The van der Waals surface area contributed by atoms with E-state index in [2.05, 4.69) is 21.3 Å². The molecule has 0 aliphatic carbocycles. The number of benzene rings is 2. The topological polar surface area (TPSA) is 99.3 Å². The summed E-state index contributed by atoms with van der Waals surface area (Å²) < 4.78 is 0. The zero-order valence-corrected chi connectivity index (χ0v) is 17.0. The Morgan fingerprint density at radius 1 is 0.931 bits per heavy atom. The highest BCUT2D eigenvalue weighted by Gasteiger charge is 2.24. The molecule has 4 N–H and O–H groups in total. The summed E-state index contributed by atoms with van der Waals surface area (Å²) in [5, 5.41) is 11.0. The first kappa shape index (κ1) is 21.9. The van der Waals surface area contributed by atoms with Crippen LogP contribution in [0.4, 0.5) is 10.5 Å². The van der Waals surface area contributed by atoms with Crippen molar-refractivity contribution in [3.63, 3.8) is 0 Å². The fraction of sp³-hybridized carbons (Fsp3) is 0.318. The molecule has 0 saturated carbocycles. The number of nitrogens with one attached hydrogen (secondary N) is 4. The van der Waals surface area contributed by atoms with Gasteiger partial charge in [0.15, 0.2) is 0 Å². The predicted molar refractivity (Wildman–Crippen MR) is 114 cm³/mol. The summed E-state index contributed by atoms with van der Waals surface area (Å²) in [5.74, 6) is -0.672. The number of hydrogen-bond acceptors (Lipinski definition) is 3. The first-order valence-electron chi connectivity index (χ1n) is 9.68. The highest BCUT2D eigenvalue weighted by atomic mass is 16.2. The summed E-state index contributed by atoms with van der Waals surface area (Å²) in [6.07, 6.45) is 0. The van der Waals surface area contributed by atoms with Crippen LogP contribution in [0.2, 0.25) is 0 Å². The Hall–Kier alpha value is -3.35. The number of rotatable bonds is 8. The van der Waals surface area contributed by atoms with E-state index in [0.29, 0.717) is 24.3 Å². The molecule has 0 saturated heterocycles. The summed E-state index contributed by atoms with van der Waals surface area (Å²) in [6.45, 7) is 6.44. The maximum Gasteiger partial charge on any atom is 0.315 e. The summed E-state index contributed by atoms with van der Waals surface area (Å²) in [5.41, 5.74) is 1.92. The fourth-order valence-corrected chi connectivity index (χ4v) is 2.73. The Kier molecular flexibility index (Phi) is 8.21. The molecule has 29 heavy (non-hydrogen) atoms. The highest BCUT2D eigenvalue weighted by Crippen LogP contribution is 2.13. The minimum absolute atomic E-state index is 0.121. The Morgan fingerprint density at radius 2 is 1.66 bits per heavy atom. The van der Waals surface area contributed by atoms with Gasteiger partial charge in [-0.25, -0.2) is 4.79 Å². The maximum absolute atomic E-state index is 12.7. The van der Waals surface area contributed by atoms with Crippen LogP contribution in [-0.4, -0.2) is 30.4 Å². The van der Waals surface area contributed by atoms with Gasteiger partial charge in [0.05, 0.1) is 0 Å². The molecule has 1 unspecified atom stereocenters. The van der Waals surface area contributed by atoms with Gasteiger partial charge in [0.2, 0.25) is 5.91 Å². The van der Waals surface area contributed by atoms with Crippen LogP contribution in [0.5, 0.6) is 0 Å². The number of anilines is 1. The van der Waals surface area contributed by atoms with Crippen LogP contribution in [0.15, 0.2) is 54.6 Å². The third-order valence-electron chi connectivity index (χ3n) is 4.26. The number of hydrogen-bond donors (Lipinski definition) is 4. The third-order valence-corrected chi connectivity index (χ3v) is 4.26. The number of amides is 4. The van der Waals surface area contributed by atoms with E-state index in [1.165, 1.54) is 0 Å². The molecule has 4 amide bonds. The largest absolute Gasteiger partial charge is 0.352 e. The Labute approximate surface area is 171 Å². The summed E-state index contributed by atoms with van der Waals surface area (Å²) in [6, 6.07) is 15.1. The third kappa shape index (κ3) is 6.95. The van der Waals surface area contributed by atoms with E-state index in [0.717, 1.165) is 5.56 Å². The van der Waals surface area contributed by atoms with Crippen LogP contribution >= 0.6 is 0 Å². The van der Waals surface area contributed by atoms with Crippen molar-refractivity contribution < 1.29 is 14.4 Å². The van der Waals surface area contributed by atoms with Gasteiger partial charge in [-0.3, -0.25) is 9.59 Å². The lowest BCUT2D eigenvalue weighted by atomic mass is 10.0. The first-order chi connectivity index (χ1) is 13.9. The van der Waals surface area contributed by atoms with Gasteiger partial charge in [-0.1, -0.05) is 50.2 Å². The van der Waals surface area contributed by atoms with E-state index in [-0.39, 0.29) is 17.7 Å². The Balaban J connectivity index is 1.97. The smallest absolute Gasteiger partial charge is 0.315 e. The van der Waals surface area contributed by atoms with Crippen molar-refractivity contribution in [2.45, 2.75) is 33.4 Å². The van der Waals surface area contributed by atoms with Gasteiger partial charge in [-0.15, -0.1) is 0 Å². The monoisotopic (exact) mass is 396 g/mol. The van der Waals surface area contributed by atoms with Gasteiger partial charge in [0.25, 0.3) is 5.91 Å². The summed E-state index contributed by atoms with van der Waals surface area (Å²) >= 11 is 0. The number of urea groups is 1. The lowest BCUT2D eigenvalue weighted by Crippen LogP contribution is -2.50. The molecule has 0 bridgehead atoms. The second-order valence-corrected chi connectivity index (χ2v) is 6.96. The second kappa shape index (κ2) is 10.8. The van der Waals surface area contributed by atoms with Crippen molar-refractivity contribution in [3.8, 4) is 0 Å². The van der Waals surface area contributed by atoms with Crippen molar-refractivity contribution in [1.82, 2.24) is 16.0 Å². The van der Waals surface area contributed by atoms with Gasteiger partial charge in [-0.05, 0) is 36.6 Å². The Morgan fingerprint density at radius 3 is 2.31 bits per heavy atom. The summed E-state index contributed by atoms with van der Waals surface area (Å²) in [4.78, 5) is 36.9. The van der Waals surface area contributed by atoms with Crippen molar-refractivity contribution in [2.75, 3.05) is 11.9 Å². The molecule has 154 valence electrons. The van der Waals surface area contributed by atoms with Crippen molar-refractivity contribution in [3.05, 3.63) is 65.7 Å². The van der Waals surface area contributed by atoms with Gasteiger partial charge in [-0.2, -0.15) is 0 Å². The standard InChI is InChI=1S/C22H28N4O3/c1-4-23-20(27)17-11-8-12-18(13-17)25-21(28)19(15(2)3)26-22(29)24-14-16-9-6-5-7-10-16/h5-13,15,19H,4,14H2,1-3H3,(H,23,27)(H,25,28)(H2,24,26,29). The molecule has 0 aromatic heterocycles. The molecule has 2 aromatic carbocycles. The van der Waals surface area contributed by atoms with E-state index in [1.54, 1.807) is 24.3 Å². The highest BCUT2D eigenvalue weighted by molar-refractivity contribution is 5.99. The van der Waals surface area contributed by atoms with E-state index >= 15 is 0 Å². The molecular formula is C22H28N4O3. The average molecular weight is 396 g/mol. The average Bonchev–Trinajstić information content (AvgIpc) is 2.71. The van der Waals surface area contributed by atoms with Crippen LogP contribution in [0, 0.1) is 5.92 Å². The Bertz CT molecular complexity index is 837. The normalized spacial score (nSPS) is 11.4. The lowest BCUT2D eigenvalue weighted by molar-refractivity contribution is -0.118. The van der Waals surface area contributed by atoms with E-state index in [4.69, 9.17) is 0 Å². The molecule has 0 radical (unpaired) electrons. The van der Waals surface area contributed by atoms with Crippen LogP contribution in [0.25, 0.3) is 0 Å². The van der Waals surface area contributed by atoms with Crippen LogP contribution in [-0.2, 0) is 11.3 Å². The zero-order chi connectivity index (χ0) is 21.2. The molecule has 0 heterocycles. The first-order valence-corrected chi connectivity index (χ1v) is 9.68. The van der Waals surface area contributed by atoms with Gasteiger partial charge < -0.3 is 21.3 Å². The van der Waals surface area contributed by atoms with Gasteiger partial charge in [0.1, 0.15) is 6.04 Å². The minimum Gasteiger partial charge on any atom is -0.352 e. The molecule has 1 atom stereocenters. The molecular weight excluding hydrogens is 368 g/mol. The molecule has 2 rings (SSSR count). The SMILES string of the molecule is CCNC(=O)c1cccc(NC(=O)C(NC(=O)NCc2ccccc2)C(C)C)c1. The van der Waals surface area contributed by atoms with Crippen LogP contribution < -0.4 is 21.3 Å². The van der Waals surface area contributed by atoms with Crippen molar-refractivity contribution >= 4 is 23.5 Å². The van der Waals surface area contributed by atoms with Crippen molar-refractivity contribution in [2.24, 2.45) is 5.92 Å². The molecule has 0 aliphatic rings. The zero-order valence-electron chi connectivity index (χ0n) is 17.0. The molecule has 7 nitrogen and oxygen atoms in total. The number of carbonyl (C=O) groups excluding carboxylic acids is 3. The van der Waals surface area contributed by atoms with Crippen LogP contribution in [0.1, 0.15) is 36.7 Å². The van der Waals surface area contributed by atoms with E-state index in [9.17, 15) is 14.4 Å². The van der Waals surface area contributed by atoms with Gasteiger partial charge in [0, 0.05) is 24.3 Å². The quantitative estimate of drug-likeness (QED) is 0.552. The summed E-state index contributed by atoms with van der Waals surface area (Å²) in [7, 11) is 0. The fourth-order valence-electron chi connectivity index (χ4n) is 2.73.